The molecule has 0 saturated carbocycles. The summed E-state index contributed by atoms with van der Waals surface area (Å²) in [5.74, 6) is -4.32. The van der Waals surface area contributed by atoms with Crippen molar-refractivity contribution in [2.75, 3.05) is 20.6 Å². The number of halogens is 1. The average molecular weight is 909 g/mol. The number of amides is 6. The fraction of sp³-hybridized carbons (Fsp3) is 0.333. The summed E-state index contributed by atoms with van der Waals surface area (Å²) in [7, 11) is 3.00. The third kappa shape index (κ3) is 12.0. The van der Waals surface area contributed by atoms with Gasteiger partial charge in [-0.25, -0.2) is 0 Å². The van der Waals surface area contributed by atoms with Crippen LogP contribution in [0.4, 0.5) is 0 Å². The number of hydrogen-bond donors (Lipinski definition) is 8. The predicted octanol–water partition coefficient (Wildman–Crippen LogP) is 3.88. The van der Waals surface area contributed by atoms with Crippen LogP contribution in [0.5, 0.6) is 11.5 Å². The minimum Gasteiger partial charge on any atom is -0.507 e. The number of likely N-dealkylation sites (N-methyl/N-ethyl adjacent to an activating group) is 2. The van der Waals surface area contributed by atoms with Gasteiger partial charge in [0.25, 0.3) is 5.91 Å². The van der Waals surface area contributed by atoms with Crippen LogP contribution in [0.2, 0.25) is 5.02 Å². The van der Waals surface area contributed by atoms with E-state index < -0.39 is 65.8 Å². The molecule has 6 atom stereocenters. The number of phenolic OH excluding ortho intramolecular Hbond substituents is 2. The molecule has 10 N–H and O–H groups in total. The highest BCUT2D eigenvalue weighted by molar-refractivity contribution is 6.30. The number of benzene rings is 4. The van der Waals surface area contributed by atoms with Gasteiger partial charge in [0.15, 0.2) is 0 Å². The highest BCUT2D eigenvalue weighted by Crippen LogP contribution is 2.39. The predicted molar refractivity (Wildman–Crippen MR) is 248 cm³/mol. The molecule has 4 aromatic carbocycles. The number of carbonyl (C=O) groups is 6. The topological polar surface area (TPSA) is 250 Å². The van der Waals surface area contributed by atoms with Crippen molar-refractivity contribution in [1.29, 1.82) is 0 Å². The average Bonchev–Trinajstić information content (AvgIpc) is 3.28. The second-order valence-electron chi connectivity index (χ2n) is 16.3. The van der Waals surface area contributed by atoms with E-state index in [1.807, 2.05) is 24.3 Å². The Kier molecular flexibility index (Phi) is 16.4. The number of rotatable bonds is 15. The summed E-state index contributed by atoms with van der Waals surface area (Å²) in [4.78, 5) is 83.7. The van der Waals surface area contributed by atoms with Gasteiger partial charge in [0, 0.05) is 47.9 Å². The molecule has 17 heteroatoms. The fourth-order valence-electron chi connectivity index (χ4n) is 7.50. The van der Waals surface area contributed by atoms with Gasteiger partial charge >= 0.3 is 0 Å². The monoisotopic (exact) mass is 908 g/mol. The molecule has 0 aliphatic carbocycles. The van der Waals surface area contributed by atoms with Crippen LogP contribution in [-0.2, 0) is 30.4 Å². The van der Waals surface area contributed by atoms with Crippen LogP contribution in [0.1, 0.15) is 67.6 Å². The quantitative estimate of drug-likeness (QED) is 0.0800. The van der Waals surface area contributed by atoms with Gasteiger partial charge in [0.05, 0.1) is 6.04 Å². The van der Waals surface area contributed by atoms with Gasteiger partial charge in [0.2, 0.25) is 29.5 Å². The second-order valence-corrected chi connectivity index (χ2v) is 16.7. The largest absolute Gasteiger partial charge is 0.507 e. The number of primary amides is 1. The molecule has 4 aromatic rings. The molecule has 1 aliphatic heterocycles. The highest BCUT2D eigenvalue weighted by Gasteiger charge is 2.35. The summed E-state index contributed by atoms with van der Waals surface area (Å²) in [6.45, 7) is 9.08. The molecule has 0 unspecified atom stereocenters. The minimum atomic E-state index is -1.30. The van der Waals surface area contributed by atoms with Gasteiger partial charge < -0.3 is 52.7 Å². The van der Waals surface area contributed by atoms with Gasteiger partial charge in [-0.3, -0.25) is 28.8 Å². The number of nitrogens with zero attached hydrogens (tertiary/aromatic N) is 2. The van der Waals surface area contributed by atoms with E-state index in [2.05, 4.69) is 27.8 Å². The molecular formula is C48H57ClN8O8. The van der Waals surface area contributed by atoms with E-state index in [0.717, 1.165) is 16.0 Å². The van der Waals surface area contributed by atoms with Crippen LogP contribution < -0.4 is 32.7 Å². The summed E-state index contributed by atoms with van der Waals surface area (Å²) >= 11 is 6.07. The molecule has 0 fully saturated rings. The van der Waals surface area contributed by atoms with Crippen LogP contribution in [0.15, 0.2) is 97.2 Å². The first kappa shape index (κ1) is 49.1. The van der Waals surface area contributed by atoms with E-state index in [1.54, 1.807) is 60.5 Å². The number of hydrogen-bond acceptors (Lipinski definition) is 10. The molecule has 6 amide bonds. The Balaban J connectivity index is 1.48. The van der Waals surface area contributed by atoms with E-state index in [4.69, 9.17) is 23.1 Å². The molecule has 4 bridgehead atoms. The van der Waals surface area contributed by atoms with Gasteiger partial charge in [-0.1, -0.05) is 54.6 Å². The standard InChI is InChI=1S/C48H57ClN8O8/c1-26-44(61)55-39(46(63)53-27(2)48(65)57(6)29(4)43(51)60)24-30-10-20-40(58)36(23-30)37-25-34(17-21-41(37)59)42(47(64)52-26)56(5)28(3)38(9-7-8-22-50)54-45(62)33-13-11-31(12-14-33)32-15-18-35(49)19-16-32/h10-21,23,25-27,29,38-39,42,58-59H,3,7-9,22,24,50H2,1-2,4-6H3,(H2,51,60)(H,52,64)(H,53,63)(H,54,62)(H,55,61)/t26-,27-,29-,38-,39-,42-/m0/s1. The molecule has 0 spiro atoms. The van der Waals surface area contributed by atoms with Crippen molar-refractivity contribution < 1.29 is 39.0 Å². The molecule has 1 aliphatic rings. The van der Waals surface area contributed by atoms with Crippen molar-refractivity contribution in [3.05, 3.63) is 119 Å². The maximum absolute atomic E-state index is 14.6. The molecule has 16 nitrogen and oxygen atoms in total. The Labute approximate surface area is 383 Å². The van der Waals surface area contributed by atoms with Crippen LogP contribution in [-0.4, -0.2) is 106 Å². The lowest BCUT2D eigenvalue weighted by Crippen LogP contribution is -2.58. The van der Waals surface area contributed by atoms with Crippen LogP contribution >= 0.6 is 11.6 Å². The number of nitrogens with two attached hydrogens (primary N) is 2. The van der Waals surface area contributed by atoms with E-state index in [9.17, 15) is 39.0 Å². The summed E-state index contributed by atoms with van der Waals surface area (Å²) in [6, 6.07) is 16.8. The summed E-state index contributed by atoms with van der Waals surface area (Å²) in [6.07, 6.45) is 1.55. The van der Waals surface area contributed by atoms with E-state index >= 15 is 0 Å². The fourth-order valence-corrected chi connectivity index (χ4v) is 7.63. The van der Waals surface area contributed by atoms with Gasteiger partial charge in [-0.2, -0.15) is 0 Å². The normalized spacial score (nSPS) is 17.5. The van der Waals surface area contributed by atoms with Crippen LogP contribution in [0, 0.1) is 0 Å². The molecule has 344 valence electrons. The van der Waals surface area contributed by atoms with Gasteiger partial charge in [-0.05, 0) is 117 Å². The van der Waals surface area contributed by atoms with E-state index in [0.29, 0.717) is 53.2 Å². The van der Waals surface area contributed by atoms with Crippen LogP contribution in [0.25, 0.3) is 22.3 Å². The zero-order valence-electron chi connectivity index (χ0n) is 37.1. The zero-order chi connectivity index (χ0) is 47.7. The Morgan fingerprint density at radius 2 is 1.45 bits per heavy atom. The van der Waals surface area contributed by atoms with Gasteiger partial charge in [0.1, 0.15) is 41.7 Å². The number of unbranched alkanes of at least 4 members (excludes halogenated alkanes) is 1. The minimum absolute atomic E-state index is 0.130. The number of fused-ring (bicyclic) bond motifs is 5. The first-order valence-electron chi connectivity index (χ1n) is 21.2. The van der Waals surface area contributed by atoms with E-state index in [-0.39, 0.29) is 35.0 Å². The Morgan fingerprint density at radius 1 is 0.846 bits per heavy atom. The zero-order valence-corrected chi connectivity index (χ0v) is 37.8. The maximum atomic E-state index is 14.6. The van der Waals surface area contributed by atoms with Gasteiger partial charge in [-0.15, -0.1) is 0 Å². The summed E-state index contributed by atoms with van der Waals surface area (Å²) in [5.41, 5.74) is 14.9. The lowest BCUT2D eigenvalue weighted by molar-refractivity contribution is -0.140. The Morgan fingerprint density at radius 3 is 2.06 bits per heavy atom. The number of carbonyl (C=O) groups excluding carboxylic acids is 6. The smallest absolute Gasteiger partial charge is 0.251 e. The first-order valence-corrected chi connectivity index (χ1v) is 21.6. The van der Waals surface area contributed by atoms with E-state index in [1.165, 1.54) is 40.0 Å². The van der Waals surface area contributed by atoms with Crippen molar-refractivity contribution in [2.45, 2.75) is 82.7 Å². The lowest BCUT2D eigenvalue weighted by Gasteiger charge is -2.36. The molecule has 1 heterocycles. The summed E-state index contributed by atoms with van der Waals surface area (Å²) < 4.78 is 0. The first-order chi connectivity index (χ1) is 30.8. The lowest BCUT2D eigenvalue weighted by atomic mass is 9.93. The van der Waals surface area contributed by atoms with Crippen molar-refractivity contribution >= 4 is 47.0 Å². The third-order valence-electron chi connectivity index (χ3n) is 11.6. The van der Waals surface area contributed by atoms with Crippen LogP contribution in [0.3, 0.4) is 0 Å². The maximum Gasteiger partial charge on any atom is 0.251 e. The Hall–Kier alpha value is -6.91. The third-order valence-corrected chi connectivity index (χ3v) is 11.9. The number of aromatic hydroxyl groups is 2. The number of phenols is 2. The van der Waals surface area contributed by atoms with Crippen molar-refractivity contribution in [3.8, 4) is 33.8 Å². The molecular weight excluding hydrogens is 852 g/mol. The number of nitrogens with one attached hydrogen (secondary N) is 4. The molecule has 0 saturated heterocycles. The molecule has 65 heavy (non-hydrogen) atoms. The van der Waals surface area contributed by atoms with Crippen molar-refractivity contribution in [2.24, 2.45) is 11.5 Å². The SMILES string of the molecule is C=C([C@H](CCCCN)NC(=O)c1ccc(-c2ccc(Cl)cc2)cc1)N(C)[C@@H]1C(=O)N[C@@H](C)C(=O)N[C@H](C(=O)N[C@@H](C)C(=O)N(C)[C@@H](C)C(N)=O)Cc2ccc(O)c(c2)-c2cc1ccc2O. The molecule has 5 rings (SSSR count). The molecule has 0 aromatic heterocycles. The molecule has 0 radical (unpaired) electrons. The second kappa shape index (κ2) is 21.6. The Bertz CT molecular complexity index is 2430. The van der Waals surface area contributed by atoms with Crippen molar-refractivity contribution in [1.82, 2.24) is 31.1 Å². The van der Waals surface area contributed by atoms with Crippen molar-refractivity contribution in [3.63, 3.8) is 0 Å². The highest BCUT2D eigenvalue weighted by atomic mass is 35.5. The summed E-state index contributed by atoms with van der Waals surface area (Å²) in [5, 5.41) is 34.1.